The molecule has 0 fully saturated rings. The average Bonchev–Trinajstić information content (AvgIpc) is 3.22. The van der Waals surface area contributed by atoms with Crippen LogP contribution in [0.4, 0.5) is 0 Å². The smallest absolute Gasteiger partial charge is 0.276 e. The summed E-state index contributed by atoms with van der Waals surface area (Å²) in [5, 5.41) is 8.91. The highest BCUT2D eigenvalue weighted by Crippen LogP contribution is 2.11. The molecule has 7 nitrogen and oxygen atoms in total. The van der Waals surface area contributed by atoms with E-state index in [4.69, 9.17) is 0 Å². The van der Waals surface area contributed by atoms with E-state index >= 15 is 0 Å². The molecule has 0 aliphatic carbocycles. The number of benzene rings is 1. The molecule has 0 aliphatic rings. The van der Waals surface area contributed by atoms with Gasteiger partial charge in [0, 0.05) is 29.5 Å². The van der Waals surface area contributed by atoms with E-state index in [9.17, 15) is 9.59 Å². The summed E-state index contributed by atoms with van der Waals surface area (Å²) in [4.78, 5) is 29.9. The maximum Gasteiger partial charge on any atom is 0.276 e. The summed E-state index contributed by atoms with van der Waals surface area (Å²) in [6.07, 6.45) is 3.75. The second kappa shape index (κ2) is 6.57. The van der Waals surface area contributed by atoms with Crippen molar-refractivity contribution in [2.24, 2.45) is 0 Å². The lowest BCUT2D eigenvalue weighted by molar-refractivity contribution is 0.0942. The highest BCUT2D eigenvalue weighted by molar-refractivity contribution is 7.15. The predicted octanol–water partition coefficient (Wildman–Crippen LogP) is 2.18. The zero-order valence-corrected chi connectivity index (χ0v) is 14.7. The topological polar surface area (TPSA) is 81.3 Å². The number of aryl methyl sites for hydroxylation is 1. The lowest BCUT2D eigenvalue weighted by Crippen LogP contribution is -2.31. The quantitative estimate of drug-likeness (QED) is 0.601. The number of fused-ring (bicyclic) bond motifs is 1. The molecule has 3 heterocycles. The Balaban J connectivity index is 1.59. The molecule has 4 rings (SSSR count). The largest absolute Gasteiger partial charge is 0.345 e. The van der Waals surface area contributed by atoms with E-state index in [1.165, 1.54) is 17.4 Å². The summed E-state index contributed by atoms with van der Waals surface area (Å²) in [5.74, 6) is -0.518. The van der Waals surface area contributed by atoms with Crippen LogP contribution in [-0.2, 0) is 6.54 Å². The Morgan fingerprint density at radius 2 is 2.08 bits per heavy atom. The minimum atomic E-state index is -0.518. The van der Waals surface area contributed by atoms with Gasteiger partial charge in [0.1, 0.15) is 0 Å². The summed E-state index contributed by atoms with van der Waals surface area (Å²) in [7, 11) is 0. The van der Waals surface area contributed by atoms with Crippen molar-refractivity contribution in [2.45, 2.75) is 13.5 Å². The third kappa shape index (κ3) is 3.02. The van der Waals surface area contributed by atoms with Gasteiger partial charge in [0.05, 0.1) is 17.9 Å². The van der Waals surface area contributed by atoms with E-state index in [2.05, 4.69) is 15.4 Å². The van der Waals surface area contributed by atoms with Gasteiger partial charge in [-0.3, -0.25) is 14.0 Å². The van der Waals surface area contributed by atoms with Crippen molar-refractivity contribution in [3.8, 4) is 5.69 Å². The van der Waals surface area contributed by atoms with Crippen LogP contribution in [0.3, 0.4) is 0 Å². The fourth-order valence-electron chi connectivity index (χ4n) is 2.65. The summed E-state index contributed by atoms with van der Waals surface area (Å²) in [6.45, 7) is 2.01. The van der Waals surface area contributed by atoms with E-state index in [0.717, 1.165) is 16.3 Å². The van der Waals surface area contributed by atoms with E-state index in [-0.39, 0.29) is 12.2 Å². The van der Waals surface area contributed by atoms with Gasteiger partial charge in [-0.2, -0.15) is 5.10 Å². The monoisotopic (exact) mass is 365 g/mol. The highest BCUT2D eigenvalue weighted by atomic mass is 32.1. The van der Waals surface area contributed by atoms with E-state index in [1.54, 1.807) is 11.6 Å². The number of imidazole rings is 1. The molecule has 1 aromatic carbocycles. The third-order valence-electron chi connectivity index (χ3n) is 3.90. The van der Waals surface area contributed by atoms with Crippen LogP contribution in [0, 0.1) is 6.92 Å². The number of amides is 1. The molecule has 3 aromatic heterocycles. The molecule has 0 radical (unpaired) electrons. The molecule has 0 bridgehead atoms. The number of para-hydroxylation sites is 1. The van der Waals surface area contributed by atoms with Crippen molar-refractivity contribution >= 4 is 22.2 Å². The van der Waals surface area contributed by atoms with Crippen LogP contribution in [0.1, 0.15) is 21.9 Å². The number of nitrogens with zero attached hydrogens (tertiary/aromatic N) is 4. The molecule has 0 spiro atoms. The molecule has 8 heteroatoms. The maximum atomic E-state index is 12.5. The molecule has 4 aromatic rings. The Kier molecular flexibility index (Phi) is 4.10. The summed E-state index contributed by atoms with van der Waals surface area (Å²) >= 11 is 1.52. The van der Waals surface area contributed by atoms with Crippen LogP contribution >= 0.6 is 11.3 Å². The Hall–Kier alpha value is -3.26. The van der Waals surface area contributed by atoms with Gasteiger partial charge in [-0.15, -0.1) is 11.3 Å². The molecule has 0 saturated heterocycles. The van der Waals surface area contributed by atoms with Crippen molar-refractivity contribution in [1.82, 2.24) is 24.5 Å². The maximum absolute atomic E-state index is 12.5. The zero-order chi connectivity index (χ0) is 18.1. The van der Waals surface area contributed by atoms with Crippen molar-refractivity contribution in [3.05, 3.63) is 81.5 Å². The first-order valence-electron chi connectivity index (χ1n) is 7.97. The Bertz CT molecular complexity index is 1110. The minimum absolute atomic E-state index is 0.138. The Morgan fingerprint density at radius 1 is 1.27 bits per heavy atom. The predicted molar refractivity (Wildman–Crippen MR) is 98.8 cm³/mol. The Labute approximate surface area is 152 Å². The number of thiazole rings is 1. The van der Waals surface area contributed by atoms with Crippen molar-refractivity contribution in [3.63, 3.8) is 0 Å². The lowest BCUT2D eigenvalue weighted by Gasteiger charge is -2.11. The molecule has 1 N–H and O–H groups in total. The first-order valence-corrected chi connectivity index (χ1v) is 8.85. The number of hydrogen-bond donors (Lipinski definition) is 1. The molecule has 0 aliphatic heterocycles. The normalized spacial score (nSPS) is 11.0. The number of aromatic nitrogens is 4. The number of nitrogens with one attached hydrogen (secondary N) is 1. The number of carbonyl (C=O) groups is 1. The second-order valence-electron chi connectivity index (χ2n) is 5.75. The third-order valence-corrected chi connectivity index (χ3v) is 4.67. The molecule has 130 valence electrons. The van der Waals surface area contributed by atoms with Crippen LogP contribution in [0.15, 0.2) is 59.0 Å². The first kappa shape index (κ1) is 16.2. The van der Waals surface area contributed by atoms with E-state index in [1.807, 2.05) is 52.5 Å². The molecule has 26 heavy (non-hydrogen) atoms. The van der Waals surface area contributed by atoms with Gasteiger partial charge in [0.25, 0.3) is 5.91 Å². The standard InChI is InChI=1S/C18H15N5O2S/c1-12-9-15(24)16(21-23(12)14-5-3-2-4-6-14)17(25)19-10-13-11-22-7-8-26-18(22)20-13/h2-9,11H,10H2,1H3,(H,19,25). The van der Waals surface area contributed by atoms with E-state index < -0.39 is 11.3 Å². The molecule has 0 saturated carbocycles. The SMILES string of the molecule is Cc1cc(=O)c(C(=O)NCc2cn3ccsc3n2)nn1-c1ccccc1. The highest BCUT2D eigenvalue weighted by Gasteiger charge is 2.15. The van der Waals surface area contributed by atoms with Crippen molar-refractivity contribution < 1.29 is 4.79 Å². The fraction of sp³-hybridized carbons (Fsp3) is 0.111. The summed E-state index contributed by atoms with van der Waals surface area (Å²) < 4.78 is 3.47. The second-order valence-corrected chi connectivity index (χ2v) is 6.63. The van der Waals surface area contributed by atoms with Crippen LogP contribution in [-0.4, -0.2) is 25.1 Å². The number of carbonyl (C=O) groups excluding carboxylic acids is 1. The van der Waals surface area contributed by atoms with Crippen molar-refractivity contribution in [1.29, 1.82) is 0 Å². The summed E-state index contributed by atoms with van der Waals surface area (Å²) in [5.41, 5.74) is 1.62. The van der Waals surface area contributed by atoms with Gasteiger partial charge in [0.15, 0.2) is 10.7 Å². The average molecular weight is 365 g/mol. The van der Waals surface area contributed by atoms with Gasteiger partial charge in [-0.05, 0) is 19.1 Å². The van der Waals surface area contributed by atoms with Crippen LogP contribution in [0.25, 0.3) is 10.6 Å². The van der Waals surface area contributed by atoms with Crippen molar-refractivity contribution in [2.75, 3.05) is 0 Å². The molecular weight excluding hydrogens is 350 g/mol. The van der Waals surface area contributed by atoms with E-state index in [0.29, 0.717) is 5.69 Å². The summed E-state index contributed by atoms with van der Waals surface area (Å²) in [6, 6.07) is 10.8. The minimum Gasteiger partial charge on any atom is -0.345 e. The molecule has 1 amide bonds. The Morgan fingerprint density at radius 3 is 2.85 bits per heavy atom. The number of hydrogen-bond acceptors (Lipinski definition) is 5. The first-order chi connectivity index (χ1) is 12.6. The van der Waals surface area contributed by atoms with Gasteiger partial charge >= 0.3 is 0 Å². The molecule has 0 atom stereocenters. The zero-order valence-electron chi connectivity index (χ0n) is 13.9. The molecule has 0 unspecified atom stereocenters. The number of rotatable bonds is 4. The van der Waals surface area contributed by atoms with Crippen LogP contribution < -0.4 is 10.7 Å². The van der Waals surface area contributed by atoms with Crippen LogP contribution in [0.2, 0.25) is 0 Å². The van der Waals surface area contributed by atoms with Crippen LogP contribution in [0.5, 0.6) is 0 Å². The van der Waals surface area contributed by atoms with Gasteiger partial charge < -0.3 is 5.32 Å². The lowest BCUT2D eigenvalue weighted by atomic mass is 10.2. The fourth-order valence-corrected chi connectivity index (χ4v) is 3.37. The van der Waals surface area contributed by atoms with Gasteiger partial charge in [0.2, 0.25) is 5.43 Å². The van der Waals surface area contributed by atoms with Gasteiger partial charge in [-0.25, -0.2) is 9.67 Å². The molecular formula is C18H15N5O2S. The van der Waals surface area contributed by atoms with Gasteiger partial charge in [-0.1, -0.05) is 18.2 Å².